The van der Waals surface area contributed by atoms with Crippen LogP contribution in [0.4, 0.5) is 0 Å². The number of carbonyl (C=O) groups excluding carboxylic acids is 1. The van der Waals surface area contributed by atoms with Crippen LogP contribution >= 0.6 is 0 Å². The van der Waals surface area contributed by atoms with Gasteiger partial charge < -0.3 is 14.6 Å². The quantitative estimate of drug-likeness (QED) is 0.864. The van der Waals surface area contributed by atoms with Crippen LogP contribution in [0.15, 0.2) is 53.2 Å². The number of aliphatic hydroxyl groups excluding tert-OH is 1. The summed E-state index contributed by atoms with van der Waals surface area (Å²) in [4.78, 5) is 12.2. The minimum absolute atomic E-state index is 0.00477. The summed E-state index contributed by atoms with van der Waals surface area (Å²) in [6, 6.07) is 10.9. The first-order valence-corrected chi connectivity index (χ1v) is 6.54. The number of carbonyl (C=O) groups is 1. The van der Waals surface area contributed by atoms with Crippen LogP contribution in [0.2, 0.25) is 0 Å². The number of aliphatic hydroxyl groups is 1. The van der Waals surface area contributed by atoms with Crippen LogP contribution in [0, 0.1) is 11.3 Å². The first kappa shape index (κ1) is 14.7. The minimum Gasteiger partial charge on any atom is -0.480 e. The standard InChI is InChI=1S/C16H15NO4/c1-3-20-16(19)13-10(2)21-15(18)12(9-17)14(13)11-7-5-4-6-8-11/h4-8,14,18H,3H2,1-2H3/t14-/m1/s1. The van der Waals surface area contributed by atoms with Gasteiger partial charge in [-0.05, 0) is 19.4 Å². The van der Waals surface area contributed by atoms with Gasteiger partial charge in [0.2, 0.25) is 0 Å². The lowest BCUT2D eigenvalue weighted by Crippen LogP contribution is -2.23. The van der Waals surface area contributed by atoms with E-state index >= 15 is 0 Å². The van der Waals surface area contributed by atoms with E-state index in [0.29, 0.717) is 5.56 Å². The lowest BCUT2D eigenvalue weighted by atomic mass is 9.83. The Labute approximate surface area is 122 Å². The number of ether oxygens (including phenoxy) is 2. The zero-order chi connectivity index (χ0) is 15.4. The molecule has 108 valence electrons. The number of esters is 1. The van der Waals surface area contributed by atoms with Gasteiger partial charge in [0.25, 0.3) is 5.95 Å². The van der Waals surface area contributed by atoms with Gasteiger partial charge in [-0.1, -0.05) is 30.3 Å². The fourth-order valence-electron chi connectivity index (χ4n) is 2.29. The van der Waals surface area contributed by atoms with E-state index in [0.717, 1.165) is 0 Å². The number of benzene rings is 1. The molecule has 1 N–H and O–H groups in total. The van der Waals surface area contributed by atoms with Crippen molar-refractivity contribution in [3.8, 4) is 6.07 Å². The van der Waals surface area contributed by atoms with Crippen molar-refractivity contribution in [2.24, 2.45) is 0 Å². The predicted molar refractivity (Wildman–Crippen MR) is 74.9 cm³/mol. The van der Waals surface area contributed by atoms with Gasteiger partial charge in [0.05, 0.1) is 18.1 Å². The molecule has 0 saturated heterocycles. The van der Waals surface area contributed by atoms with Gasteiger partial charge in [0.1, 0.15) is 17.4 Å². The smallest absolute Gasteiger partial charge is 0.338 e. The first-order valence-electron chi connectivity index (χ1n) is 6.54. The predicted octanol–water partition coefficient (Wildman–Crippen LogP) is 2.93. The molecule has 0 spiro atoms. The number of hydrogen-bond acceptors (Lipinski definition) is 5. The van der Waals surface area contributed by atoms with Gasteiger partial charge in [0.15, 0.2) is 0 Å². The molecule has 0 unspecified atom stereocenters. The van der Waals surface area contributed by atoms with Gasteiger partial charge in [-0.2, -0.15) is 5.26 Å². The molecule has 1 aliphatic heterocycles. The van der Waals surface area contributed by atoms with Crippen molar-refractivity contribution in [1.82, 2.24) is 0 Å². The summed E-state index contributed by atoms with van der Waals surface area (Å²) in [5.74, 6) is -1.48. The third kappa shape index (κ3) is 2.75. The third-order valence-electron chi connectivity index (χ3n) is 3.19. The molecule has 2 rings (SSSR count). The molecule has 21 heavy (non-hydrogen) atoms. The molecule has 1 heterocycles. The zero-order valence-electron chi connectivity index (χ0n) is 11.8. The molecule has 0 amide bonds. The van der Waals surface area contributed by atoms with Crippen molar-refractivity contribution in [3.63, 3.8) is 0 Å². The maximum absolute atomic E-state index is 12.2. The van der Waals surface area contributed by atoms with Crippen LogP contribution in [0.1, 0.15) is 25.3 Å². The van der Waals surface area contributed by atoms with Gasteiger partial charge >= 0.3 is 5.97 Å². The Morgan fingerprint density at radius 2 is 2.10 bits per heavy atom. The maximum Gasteiger partial charge on any atom is 0.338 e. The summed E-state index contributed by atoms with van der Waals surface area (Å²) in [7, 11) is 0. The summed E-state index contributed by atoms with van der Waals surface area (Å²) in [5, 5.41) is 19.1. The number of hydrogen-bond donors (Lipinski definition) is 1. The monoisotopic (exact) mass is 285 g/mol. The topological polar surface area (TPSA) is 79.6 Å². The second-order valence-electron chi connectivity index (χ2n) is 4.47. The summed E-state index contributed by atoms with van der Waals surface area (Å²) in [6.07, 6.45) is 0. The molecule has 0 aromatic heterocycles. The van der Waals surface area contributed by atoms with Gasteiger partial charge in [-0.25, -0.2) is 4.79 Å². The molecule has 0 radical (unpaired) electrons. The highest BCUT2D eigenvalue weighted by Gasteiger charge is 2.36. The highest BCUT2D eigenvalue weighted by Crippen LogP contribution is 2.39. The van der Waals surface area contributed by atoms with Crippen molar-refractivity contribution in [3.05, 3.63) is 58.7 Å². The fourth-order valence-corrected chi connectivity index (χ4v) is 2.29. The molecule has 1 aromatic rings. The summed E-state index contributed by atoms with van der Waals surface area (Å²) < 4.78 is 10.2. The number of nitriles is 1. The van der Waals surface area contributed by atoms with Gasteiger partial charge in [-0.3, -0.25) is 0 Å². The van der Waals surface area contributed by atoms with E-state index in [9.17, 15) is 15.2 Å². The molecule has 1 aromatic carbocycles. The van der Waals surface area contributed by atoms with E-state index in [-0.39, 0.29) is 23.5 Å². The maximum atomic E-state index is 12.2. The van der Waals surface area contributed by atoms with Crippen molar-refractivity contribution in [1.29, 1.82) is 5.26 Å². The SMILES string of the molecule is CCOC(=O)C1=C(C)OC(O)=C(C#N)[C@H]1c1ccccc1. The lowest BCUT2D eigenvalue weighted by molar-refractivity contribution is -0.139. The van der Waals surface area contributed by atoms with E-state index in [1.807, 2.05) is 12.1 Å². The summed E-state index contributed by atoms with van der Waals surface area (Å²) in [6.45, 7) is 3.48. The van der Waals surface area contributed by atoms with E-state index in [1.165, 1.54) is 0 Å². The van der Waals surface area contributed by atoms with Crippen LogP contribution in [-0.4, -0.2) is 17.7 Å². The molecule has 0 saturated carbocycles. The summed E-state index contributed by atoms with van der Waals surface area (Å²) in [5.41, 5.74) is 0.943. The number of rotatable bonds is 3. The second-order valence-corrected chi connectivity index (χ2v) is 4.47. The molecule has 5 heteroatoms. The van der Waals surface area contributed by atoms with E-state index < -0.39 is 17.8 Å². The Kier molecular flexibility index (Phi) is 4.29. The minimum atomic E-state index is -0.691. The fraction of sp³-hybridized carbons (Fsp3) is 0.250. The highest BCUT2D eigenvalue weighted by molar-refractivity contribution is 5.92. The Balaban J connectivity index is 2.58. The van der Waals surface area contributed by atoms with Crippen molar-refractivity contribution >= 4 is 5.97 Å². The van der Waals surface area contributed by atoms with Crippen LogP contribution < -0.4 is 0 Å². The van der Waals surface area contributed by atoms with Crippen LogP contribution in [0.25, 0.3) is 0 Å². The zero-order valence-corrected chi connectivity index (χ0v) is 11.8. The number of nitrogens with zero attached hydrogens (tertiary/aromatic N) is 1. The Hall–Kier alpha value is -2.74. The Morgan fingerprint density at radius 3 is 2.67 bits per heavy atom. The molecule has 0 fully saturated rings. The van der Waals surface area contributed by atoms with Crippen molar-refractivity contribution < 1.29 is 19.4 Å². The molecule has 0 bridgehead atoms. The average molecular weight is 285 g/mol. The molecule has 1 atom stereocenters. The van der Waals surface area contributed by atoms with Crippen LogP contribution in [-0.2, 0) is 14.3 Å². The second kappa shape index (κ2) is 6.14. The highest BCUT2D eigenvalue weighted by atomic mass is 16.6. The van der Waals surface area contributed by atoms with Gasteiger partial charge in [-0.15, -0.1) is 0 Å². The molecular weight excluding hydrogens is 270 g/mol. The van der Waals surface area contributed by atoms with Crippen molar-refractivity contribution in [2.75, 3.05) is 6.61 Å². The molecule has 1 aliphatic rings. The molecule has 5 nitrogen and oxygen atoms in total. The largest absolute Gasteiger partial charge is 0.480 e. The lowest BCUT2D eigenvalue weighted by Gasteiger charge is -2.25. The Morgan fingerprint density at radius 1 is 1.43 bits per heavy atom. The van der Waals surface area contributed by atoms with E-state index in [4.69, 9.17) is 9.47 Å². The van der Waals surface area contributed by atoms with Crippen LogP contribution in [0.3, 0.4) is 0 Å². The van der Waals surface area contributed by atoms with Gasteiger partial charge in [0, 0.05) is 0 Å². The third-order valence-corrected chi connectivity index (χ3v) is 3.19. The summed E-state index contributed by atoms with van der Waals surface area (Å²) >= 11 is 0. The van der Waals surface area contributed by atoms with E-state index in [2.05, 4.69) is 0 Å². The normalized spacial score (nSPS) is 18.0. The molecule has 0 aliphatic carbocycles. The number of allylic oxidation sites excluding steroid dienone is 2. The van der Waals surface area contributed by atoms with Crippen LogP contribution in [0.5, 0.6) is 0 Å². The average Bonchev–Trinajstić information content (AvgIpc) is 2.47. The van der Waals surface area contributed by atoms with E-state index in [1.54, 1.807) is 38.1 Å². The van der Waals surface area contributed by atoms with Crippen molar-refractivity contribution in [2.45, 2.75) is 19.8 Å². The molecular formula is C16H15NO4. The Bertz CT molecular complexity index is 653. The first-order chi connectivity index (χ1) is 10.1.